The number of ether oxygens (including phenoxy) is 2. The number of benzene rings is 3. The van der Waals surface area contributed by atoms with Crippen molar-refractivity contribution in [2.24, 2.45) is 0 Å². The molecule has 0 aliphatic carbocycles. The number of nitrogens with zero attached hydrogens (tertiary/aromatic N) is 3. The van der Waals surface area contributed by atoms with Gasteiger partial charge in [0.15, 0.2) is 0 Å². The van der Waals surface area contributed by atoms with Gasteiger partial charge in [-0.1, -0.05) is 66.2 Å². The maximum absolute atomic E-state index is 13.5. The SMILES string of the molecule is CN(C(=O)OCc1ccccc1)[C@H](C(=O)Nc1ccc(-c2cnn(C3CCCCO3)c2)cc1)c1ccc(Cl)cc1. The summed E-state index contributed by atoms with van der Waals surface area (Å²) in [6.45, 7) is 0.856. The molecule has 1 unspecified atom stereocenters. The van der Waals surface area contributed by atoms with Crippen LogP contribution in [0.4, 0.5) is 10.5 Å². The van der Waals surface area contributed by atoms with E-state index in [1.807, 2.05) is 71.7 Å². The van der Waals surface area contributed by atoms with Crippen molar-refractivity contribution in [2.75, 3.05) is 19.0 Å². The Balaban J connectivity index is 1.28. The summed E-state index contributed by atoms with van der Waals surface area (Å²) in [5.41, 5.74) is 3.99. The van der Waals surface area contributed by atoms with Crippen molar-refractivity contribution >= 4 is 29.3 Å². The van der Waals surface area contributed by atoms with E-state index >= 15 is 0 Å². The van der Waals surface area contributed by atoms with Gasteiger partial charge < -0.3 is 14.8 Å². The van der Waals surface area contributed by atoms with Gasteiger partial charge in [-0.25, -0.2) is 9.48 Å². The third-order valence-electron chi connectivity index (χ3n) is 6.85. The van der Waals surface area contributed by atoms with Crippen molar-refractivity contribution in [1.29, 1.82) is 0 Å². The van der Waals surface area contributed by atoms with Crippen LogP contribution in [-0.4, -0.2) is 40.3 Å². The average Bonchev–Trinajstić information content (AvgIpc) is 3.49. The Hall–Kier alpha value is -4.14. The normalized spacial score (nSPS) is 15.7. The Bertz CT molecular complexity index is 1420. The molecule has 3 aromatic carbocycles. The molecule has 5 rings (SSSR count). The van der Waals surface area contributed by atoms with Crippen molar-refractivity contribution in [3.8, 4) is 11.1 Å². The number of nitrogens with one attached hydrogen (secondary N) is 1. The summed E-state index contributed by atoms with van der Waals surface area (Å²) >= 11 is 6.08. The zero-order valence-corrected chi connectivity index (χ0v) is 23.0. The number of rotatable bonds is 8. The third kappa shape index (κ3) is 6.70. The molecule has 1 aromatic heterocycles. The van der Waals surface area contributed by atoms with Crippen LogP contribution in [0.1, 0.15) is 42.7 Å². The van der Waals surface area contributed by atoms with Gasteiger partial charge in [-0.2, -0.15) is 5.10 Å². The van der Waals surface area contributed by atoms with Crippen molar-refractivity contribution in [3.05, 3.63) is 107 Å². The van der Waals surface area contributed by atoms with Crippen LogP contribution >= 0.6 is 11.6 Å². The van der Waals surface area contributed by atoms with E-state index in [9.17, 15) is 9.59 Å². The highest BCUT2D eigenvalue weighted by Gasteiger charge is 2.30. The molecule has 1 aliphatic heterocycles. The molecule has 0 bridgehead atoms. The lowest BCUT2D eigenvalue weighted by Gasteiger charge is -2.27. The number of carbonyl (C=O) groups is 2. The van der Waals surface area contributed by atoms with E-state index in [0.717, 1.165) is 42.6 Å². The molecule has 2 heterocycles. The molecule has 0 saturated carbocycles. The van der Waals surface area contributed by atoms with Gasteiger partial charge in [0.1, 0.15) is 18.9 Å². The van der Waals surface area contributed by atoms with Gasteiger partial charge in [-0.05, 0) is 60.2 Å². The second kappa shape index (κ2) is 12.8. The Morgan fingerprint density at radius 3 is 2.50 bits per heavy atom. The molecular weight excluding hydrogens is 528 g/mol. The van der Waals surface area contributed by atoms with Crippen LogP contribution in [0.3, 0.4) is 0 Å². The monoisotopic (exact) mass is 558 g/mol. The highest BCUT2D eigenvalue weighted by atomic mass is 35.5. The van der Waals surface area contributed by atoms with E-state index < -0.39 is 12.1 Å². The van der Waals surface area contributed by atoms with Gasteiger partial charge in [-0.15, -0.1) is 0 Å². The van der Waals surface area contributed by atoms with E-state index in [2.05, 4.69) is 10.4 Å². The van der Waals surface area contributed by atoms with Crippen molar-refractivity contribution in [1.82, 2.24) is 14.7 Å². The van der Waals surface area contributed by atoms with Gasteiger partial charge in [0.25, 0.3) is 5.91 Å². The number of hydrogen-bond acceptors (Lipinski definition) is 5. The molecule has 1 N–H and O–H groups in total. The number of anilines is 1. The average molecular weight is 559 g/mol. The van der Waals surface area contributed by atoms with Crippen molar-refractivity contribution in [2.45, 2.75) is 38.1 Å². The van der Waals surface area contributed by atoms with Crippen LogP contribution in [0.15, 0.2) is 91.3 Å². The summed E-state index contributed by atoms with van der Waals surface area (Å²) in [6, 6.07) is 22.8. The number of carbonyl (C=O) groups excluding carboxylic acids is 2. The summed E-state index contributed by atoms with van der Waals surface area (Å²) in [7, 11) is 1.54. The number of likely N-dealkylation sites (N-methyl/N-ethyl adjacent to an activating group) is 1. The van der Waals surface area contributed by atoms with Gasteiger partial charge in [0.2, 0.25) is 0 Å². The first kappa shape index (κ1) is 27.4. The van der Waals surface area contributed by atoms with Crippen LogP contribution in [0, 0.1) is 0 Å². The largest absolute Gasteiger partial charge is 0.445 e. The van der Waals surface area contributed by atoms with Crippen LogP contribution < -0.4 is 5.32 Å². The second-order valence-electron chi connectivity index (χ2n) is 9.70. The van der Waals surface area contributed by atoms with Gasteiger partial charge >= 0.3 is 6.09 Å². The number of aromatic nitrogens is 2. The standard InChI is InChI=1S/C31H31ClN4O4/c1-35(31(38)40-21-22-7-3-2-4-8-22)29(24-10-14-26(32)15-11-24)30(37)34-27-16-12-23(13-17-27)25-19-33-36(20-25)28-9-5-6-18-39-28/h2-4,7-8,10-17,19-20,28-29H,5-6,9,18,21H2,1H3,(H,34,37)/t28?,29-/m0/s1. The number of amides is 2. The zero-order chi connectivity index (χ0) is 27.9. The lowest BCUT2D eigenvalue weighted by atomic mass is 10.0. The smallest absolute Gasteiger partial charge is 0.410 e. The van der Waals surface area contributed by atoms with Gasteiger partial charge in [0.05, 0.1) is 6.20 Å². The van der Waals surface area contributed by atoms with E-state index in [4.69, 9.17) is 21.1 Å². The van der Waals surface area contributed by atoms with Crippen LogP contribution in [0.25, 0.3) is 11.1 Å². The van der Waals surface area contributed by atoms with E-state index in [1.165, 1.54) is 4.90 Å². The predicted molar refractivity (Wildman–Crippen MR) is 154 cm³/mol. The molecule has 1 saturated heterocycles. The van der Waals surface area contributed by atoms with Gasteiger partial charge in [0, 0.05) is 36.1 Å². The summed E-state index contributed by atoms with van der Waals surface area (Å²) < 4.78 is 13.2. The van der Waals surface area contributed by atoms with E-state index in [0.29, 0.717) is 16.3 Å². The summed E-state index contributed by atoms with van der Waals surface area (Å²) in [5.74, 6) is -0.378. The molecule has 8 nitrogen and oxygen atoms in total. The molecule has 40 heavy (non-hydrogen) atoms. The topological polar surface area (TPSA) is 85.7 Å². The Kier molecular flexibility index (Phi) is 8.78. The van der Waals surface area contributed by atoms with Crippen LogP contribution in [-0.2, 0) is 20.9 Å². The Morgan fingerprint density at radius 2 is 1.80 bits per heavy atom. The summed E-state index contributed by atoms with van der Waals surface area (Å²) in [5, 5.41) is 7.96. The molecule has 0 radical (unpaired) electrons. The number of hydrogen-bond donors (Lipinski definition) is 1. The minimum absolute atomic E-state index is 0.0257. The first-order chi connectivity index (χ1) is 19.5. The fourth-order valence-corrected chi connectivity index (χ4v) is 4.78. The highest BCUT2D eigenvalue weighted by Crippen LogP contribution is 2.28. The first-order valence-electron chi connectivity index (χ1n) is 13.2. The van der Waals surface area contributed by atoms with Crippen LogP contribution in [0.2, 0.25) is 5.02 Å². The second-order valence-corrected chi connectivity index (χ2v) is 10.1. The molecule has 2 atom stereocenters. The fraction of sp³-hybridized carbons (Fsp3) is 0.258. The molecule has 1 fully saturated rings. The first-order valence-corrected chi connectivity index (χ1v) is 13.6. The van der Waals surface area contributed by atoms with E-state index in [1.54, 1.807) is 31.3 Å². The maximum Gasteiger partial charge on any atom is 0.410 e. The van der Waals surface area contributed by atoms with Crippen molar-refractivity contribution in [3.63, 3.8) is 0 Å². The molecule has 4 aromatic rings. The quantitative estimate of drug-likeness (QED) is 0.255. The minimum atomic E-state index is -0.936. The highest BCUT2D eigenvalue weighted by molar-refractivity contribution is 6.30. The molecule has 206 valence electrons. The maximum atomic E-state index is 13.5. The van der Waals surface area contributed by atoms with Gasteiger partial charge in [-0.3, -0.25) is 9.69 Å². The third-order valence-corrected chi connectivity index (χ3v) is 7.10. The molecule has 9 heteroatoms. The zero-order valence-electron chi connectivity index (χ0n) is 22.2. The minimum Gasteiger partial charge on any atom is -0.445 e. The fourth-order valence-electron chi connectivity index (χ4n) is 4.66. The Labute approximate surface area is 238 Å². The van der Waals surface area contributed by atoms with Crippen LogP contribution in [0.5, 0.6) is 0 Å². The lowest BCUT2D eigenvalue weighted by Crippen LogP contribution is -2.39. The predicted octanol–water partition coefficient (Wildman–Crippen LogP) is 6.85. The summed E-state index contributed by atoms with van der Waals surface area (Å²) in [4.78, 5) is 27.8. The molecular formula is C31H31ClN4O4. The number of halogens is 1. The lowest BCUT2D eigenvalue weighted by molar-refractivity contribution is -0.120. The molecule has 1 aliphatic rings. The van der Waals surface area contributed by atoms with E-state index in [-0.39, 0.29) is 18.7 Å². The molecule has 0 spiro atoms. The van der Waals surface area contributed by atoms with Crippen molar-refractivity contribution < 1.29 is 19.1 Å². The summed E-state index contributed by atoms with van der Waals surface area (Å²) in [6.07, 6.45) is 6.33. The Morgan fingerprint density at radius 1 is 1.05 bits per heavy atom. The molecule has 2 amide bonds.